The van der Waals surface area contributed by atoms with Gasteiger partial charge in [-0.2, -0.15) is 0 Å². The molecule has 0 aliphatic heterocycles. The van der Waals surface area contributed by atoms with Crippen LogP contribution < -0.4 is 4.74 Å². The molecule has 92 valence electrons. The van der Waals surface area contributed by atoms with Gasteiger partial charge in [0.15, 0.2) is 0 Å². The third-order valence-corrected chi connectivity index (χ3v) is 2.29. The highest BCUT2D eigenvalue weighted by Crippen LogP contribution is 2.29. The number of hydrogen-bond donors (Lipinski definition) is 1. The number of carbonyl (C=O) groups is 1. The smallest absolute Gasteiger partial charge is 0.342 e. The molecule has 1 heterocycles. The van der Waals surface area contributed by atoms with Gasteiger partial charge in [-0.15, -0.1) is 0 Å². The predicted octanol–water partition coefficient (Wildman–Crippen LogP) is 2.76. The lowest BCUT2D eigenvalue weighted by Gasteiger charge is -2.08. The molecule has 0 amide bonds. The van der Waals surface area contributed by atoms with Gasteiger partial charge in [0.2, 0.25) is 5.88 Å². The normalized spacial score (nSPS) is 10.1. The highest BCUT2D eigenvalue weighted by atomic mass is 35.5. The van der Waals surface area contributed by atoms with Crippen molar-refractivity contribution in [3.05, 3.63) is 47.1 Å². The van der Waals surface area contributed by atoms with E-state index in [-0.39, 0.29) is 16.7 Å². The topological polar surface area (TPSA) is 72.3 Å². The molecule has 1 aromatic heterocycles. The van der Waals surface area contributed by atoms with Crippen LogP contribution >= 0.6 is 11.6 Å². The van der Waals surface area contributed by atoms with E-state index in [9.17, 15) is 9.18 Å². The summed E-state index contributed by atoms with van der Waals surface area (Å²) in [7, 11) is 0. The van der Waals surface area contributed by atoms with Crippen molar-refractivity contribution in [3.63, 3.8) is 0 Å². The molecule has 0 radical (unpaired) electrons. The number of aromatic nitrogens is 2. The molecule has 5 nitrogen and oxygen atoms in total. The lowest BCUT2D eigenvalue weighted by atomic mass is 10.2. The van der Waals surface area contributed by atoms with Crippen molar-refractivity contribution in [2.24, 2.45) is 0 Å². The first-order valence-corrected chi connectivity index (χ1v) is 5.12. The van der Waals surface area contributed by atoms with E-state index in [4.69, 9.17) is 21.4 Å². The Morgan fingerprint density at radius 3 is 2.89 bits per heavy atom. The quantitative estimate of drug-likeness (QED) is 0.927. The summed E-state index contributed by atoms with van der Waals surface area (Å²) in [6, 6.07) is 3.66. The van der Waals surface area contributed by atoms with Crippen LogP contribution in [0.2, 0.25) is 5.02 Å². The maximum atomic E-state index is 13.4. The fourth-order valence-corrected chi connectivity index (χ4v) is 1.42. The molecule has 0 saturated heterocycles. The van der Waals surface area contributed by atoms with E-state index in [1.165, 1.54) is 24.7 Å². The second-order valence-electron chi connectivity index (χ2n) is 3.20. The first-order valence-electron chi connectivity index (χ1n) is 4.74. The SMILES string of the molecule is O=C(O)c1c(F)cccc1Oc1ncncc1Cl. The van der Waals surface area contributed by atoms with Crippen LogP contribution in [-0.4, -0.2) is 21.0 Å². The molecule has 7 heteroatoms. The maximum Gasteiger partial charge on any atom is 0.342 e. The van der Waals surface area contributed by atoms with Gasteiger partial charge in [0.25, 0.3) is 0 Å². The van der Waals surface area contributed by atoms with E-state index >= 15 is 0 Å². The zero-order valence-corrected chi connectivity index (χ0v) is 9.56. The Morgan fingerprint density at radius 1 is 1.44 bits per heavy atom. The average molecular weight is 269 g/mol. The van der Waals surface area contributed by atoms with Crippen LogP contribution in [0.15, 0.2) is 30.7 Å². The van der Waals surface area contributed by atoms with Crippen LogP contribution in [0, 0.1) is 5.82 Å². The molecule has 1 N–H and O–H groups in total. The number of halogens is 2. The Labute approximate surface area is 106 Å². The number of benzene rings is 1. The van der Waals surface area contributed by atoms with Gasteiger partial charge < -0.3 is 9.84 Å². The Balaban J connectivity index is 2.44. The highest BCUT2D eigenvalue weighted by Gasteiger charge is 2.18. The molecule has 0 atom stereocenters. The summed E-state index contributed by atoms with van der Waals surface area (Å²) in [5.41, 5.74) is -0.577. The monoisotopic (exact) mass is 268 g/mol. The van der Waals surface area contributed by atoms with Crippen molar-refractivity contribution in [1.82, 2.24) is 9.97 Å². The minimum atomic E-state index is -1.44. The molecule has 2 rings (SSSR count). The first kappa shape index (κ1) is 12.3. The van der Waals surface area contributed by atoms with Gasteiger partial charge in [-0.1, -0.05) is 17.7 Å². The Bertz CT molecular complexity index is 607. The van der Waals surface area contributed by atoms with Gasteiger partial charge in [0.05, 0.1) is 6.20 Å². The van der Waals surface area contributed by atoms with Gasteiger partial charge >= 0.3 is 5.97 Å². The van der Waals surface area contributed by atoms with Crippen LogP contribution in [0.25, 0.3) is 0 Å². The van der Waals surface area contributed by atoms with E-state index in [0.717, 1.165) is 6.07 Å². The van der Waals surface area contributed by atoms with E-state index in [2.05, 4.69) is 9.97 Å². The largest absolute Gasteiger partial charge is 0.477 e. The molecule has 0 fully saturated rings. The number of aromatic carboxylic acids is 1. The second-order valence-corrected chi connectivity index (χ2v) is 3.60. The third-order valence-electron chi connectivity index (χ3n) is 2.03. The lowest BCUT2D eigenvalue weighted by Crippen LogP contribution is -2.04. The number of ether oxygens (including phenoxy) is 1. The van der Waals surface area contributed by atoms with Crippen molar-refractivity contribution in [1.29, 1.82) is 0 Å². The molecule has 0 bridgehead atoms. The fourth-order valence-electron chi connectivity index (χ4n) is 1.28. The standard InChI is InChI=1S/C11H6ClFN2O3/c12-6-4-14-5-15-10(6)18-8-3-1-2-7(13)9(8)11(16)17/h1-5H,(H,16,17). The molecular weight excluding hydrogens is 263 g/mol. The zero-order valence-electron chi connectivity index (χ0n) is 8.80. The lowest BCUT2D eigenvalue weighted by molar-refractivity contribution is 0.0689. The number of rotatable bonds is 3. The summed E-state index contributed by atoms with van der Waals surface area (Å²) < 4.78 is 18.6. The molecule has 0 aliphatic carbocycles. The Hall–Kier alpha value is -2.21. The second kappa shape index (κ2) is 4.97. The Morgan fingerprint density at radius 2 is 2.22 bits per heavy atom. The summed E-state index contributed by atoms with van der Waals surface area (Å²) >= 11 is 5.75. The summed E-state index contributed by atoms with van der Waals surface area (Å²) in [6.07, 6.45) is 2.46. The molecule has 0 spiro atoms. The van der Waals surface area contributed by atoms with E-state index in [1.54, 1.807) is 0 Å². The summed E-state index contributed by atoms with van der Waals surface area (Å²) in [5.74, 6) is -2.55. The summed E-state index contributed by atoms with van der Waals surface area (Å²) in [6.45, 7) is 0. The highest BCUT2D eigenvalue weighted by molar-refractivity contribution is 6.31. The van der Waals surface area contributed by atoms with Crippen LogP contribution in [0.5, 0.6) is 11.6 Å². The van der Waals surface area contributed by atoms with Gasteiger partial charge in [-0.25, -0.2) is 19.2 Å². The van der Waals surface area contributed by atoms with Gasteiger partial charge in [-0.05, 0) is 12.1 Å². The molecular formula is C11H6ClFN2O3. The minimum Gasteiger partial charge on any atom is -0.477 e. The van der Waals surface area contributed by atoms with Crippen molar-refractivity contribution in [2.75, 3.05) is 0 Å². The predicted molar refractivity (Wildman–Crippen MR) is 60.5 cm³/mol. The van der Waals surface area contributed by atoms with Crippen molar-refractivity contribution in [2.45, 2.75) is 0 Å². The van der Waals surface area contributed by atoms with Crippen molar-refractivity contribution < 1.29 is 19.0 Å². The molecule has 0 unspecified atom stereocenters. The van der Waals surface area contributed by atoms with Crippen LogP contribution in [-0.2, 0) is 0 Å². The molecule has 18 heavy (non-hydrogen) atoms. The molecule has 1 aromatic carbocycles. The number of hydrogen-bond acceptors (Lipinski definition) is 4. The van der Waals surface area contributed by atoms with Gasteiger partial charge in [0, 0.05) is 0 Å². The maximum absolute atomic E-state index is 13.4. The van der Waals surface area contributed by atoms with Crippen molar-refractivity contribution >= 4 is 17.6 Å². The number of carboxylic acid groups (broad SMARTS) is 1. The van der Waals surface area contributed by atoms with Crippen LogP contribution in [0.1, 0.15) is 10.4 Å². The van der Waals surface area contributed by atoms with Crippen molar-refractivity contribution in [3.8, 4) is 11.6 Å². The third kappa shape index (κ3) is 2.38. The van der Waals surface area contributed by atoms with E-state index in [1.807, 2.05) is 0 Å². The molecule has 0 aliphatic rings. The first-order chi connectivity index (χ1) is 8.59. The van der Waals surface area contributed by atoms with Gasteiger partial charge in [-0.3, -0.25) is 0 Å². The van der Waals surface area contributed by atoms with Gasteiger partial charge in [0.1, 0.15) is 28.5 Å². The van der Waals surface area contributed by atoms with E-state index < -0.39 is 17.3 Å². The summed E-state index contributed by atoms with van der Waals surface area (Å²) in [4.78, 5) is 18.3. The fraction of sp³-hybridized carbons (Fsp3) is 0. The summed E-state index contributed by atoms with van der Waals surface area (Å²) in [5, 5.41) is 9.00. The number of nitrogens with zero attached hydrogens (tertiary/aromatic N) is 2. The molecule has 2 aromatic rings. The Kier molecular flexibility index (Phi) is 3.38. The minimum absolute atomic E-state index is 0.0419. The van der Waals surface area contributed by atoms with E-state index in [0.29, 0.717) is 0 Å². The van der Waals surface area contributed by atoms with Crippen LogP contribution in [0.3, 0.4) is 0 Å². The average Bonchev–Trinajstić information content (AvgIpc) is 2.31. The number of carboxylic acids is 1. The zero-order chi connectivity index (χ0) is 13.1. The van der Waals surface area contributed by atoms with Crippen LogP contribution in [0.4, 0.5) is 4.39 Å². The molecule has 0 saturated carbocycles.